The number of carboxylic acids is 2. The third-order valence-corrected chi connectivity index (χ3v) is 3.95. The first kappa shape index (κ1) is 22.0. The zero-order valence-corrected chi connectivity index (χ0v) is 16.1. The summed E-state index contributed by atoms with van der Waals surface area (Å²) in [4.78, 5) is 57.9. The topological polar surface area (TPSA) is 150 Å². The molecule has 0 aliphatic heterocycles. The average Bonchev–Trinajstić information content (AvgIpc) is 2.67. The van der Waals surface area contributed by atoms with Crippen LogP contribution in [0.1, 0.15) is 44.9 Å². The summed E-state index contributed by atoms with van der Waals surface area (Å²) in [6, 6.07) is 9.38. The van der Waals surface area contributed by atoms with Gasteiger partial charge in [0, 0.05) is 28.6 Å². The van der Waals surface area contributed by atoms with Gasteiger partial charge < -0.3 is 20.8 Å². The van der Waals surface area contributed by atoms with E-state index in [1.165, 1.54) is 13.8 Å². The second-order valence-electron chi connectivity index (χ2n) is 6.31. The van der Waals surface area contributed by atoms with Crippen LogP contribution in [0.2, 0.25) is 0 Å². The van der Waals surface area contributed by atoms with Crippen LogP contribution in [0.5, 0.6) is 0 Å². The highest BCUT2D eigenvalue weighted by molar-refractivity contribution is 6.10. The van der Waals surface area contributed by atoms with Gasteiger partial charge in [-0.3, -0.25) is 14.4 Å². The molecule has 0 aromatic heterocycles. The van der Waals surface area contributed by atoms with Crippen LogP contribution >= 0.6 is 0 Å². The summed E-state index contributed by atoms with van der Waals surface area (Å²) in [5.74, 6) is -4.12. The number of hydrogen-bond donors (Lipinski definition) is 4. The molecule has 0 heterocycles. The molecule has 9 heteroatoms. The highest BCUT2D eigenvalue weighted by atomic mass is 16.4. The smallest absolute Gasteiger partial charge is 0.335 e. The zero-order chi connectivity index (χ0) is 22.4. The normalized spacial score (nSPS) is 10.8. The summed E-state index contributed by atoms with van der Waals surface area (Å²) in [7, 11) is 0. The molecule has 0 fully saturated rings. The maximum Gasteiger partial charge on any atom is 0.335 e. The SMILES string of the molecule is CC(=O)c1ccc(NC(=O)/C(C)=C\C(=O)Nc2cc(C(=O)O)cc(C(=O)O)c2)cc1. The number of carbonyl (C=O) groups is 5. The van der Waals surface area contributed by atoms with Crippen LogP contribution < -0.4 is 10.6 Å². The van der Waals surface area contributed by atoms with Gasteiger partial charge in [-0.05, 0) is 56.3 Å². The Bertz CT molecular complexity index is 1040. The molecule has 0 spiro atoms. The molecule has 0 aliphatic rings. The number of hydrogen-bond acceptors (Lipinski definition) is 5. The van der Waals surface area contributed by atoms with Crippen molar-refractivity contribution >= 4 is 40.9 Å². The molecule has 30 heavy (non-hydrogen) atoms. The fourth-order valence-corrected chi connectivity index (χ4v) is 2.41. The van der Waals surface area contributed by atoms with Crippen molar-refractivity contribution in [1.29, 1.82) is 0 Å². The maximum atomic E-state index is 12.2. The standard InChI is InChI=1S/C21H18N2O7/c1-11(19(26)23-16-5-3-13(4-6-16)12(2)24)7-18(25)22-17-9-14(20(27)28)8-15(10-17)21(29)30/h3-10H,1-2H3,(H,22,25)(H,23,26)(H,27,28)(H,29,30)/b11-7-. The van der Waals surface area contributed by atoms with E-state index < -0.39 is 23.8 Å². The van der Waals surface area contributed by atoms with E-state index in [0.717, 1.165) is 24.3 Å². The molecule has 0 saturated heterocycles. The molecular formula is C21H18N2O7. The number of nitrogens with one attached hydrogen (secondary N) is 2. The van der Waals surface area contributed by atoms with E-state index in [0.29, 0.717) is 11.3 Å². The van der Waals surface area contributed by atoms with Crippen molar-refractivity contribution in [2.24, 2.45) is 0 Å². The van der Waals surface area contributed by atoms with E-state index in [-0.39, 0.29) is 28.2 Å². The van der Waals surface area contributed by atoms with E-state index in [2.05, 4.69) is 10.6 Å². The Morgan fingerprint density at radius 2 is 1.27 bits per heavy atom. The quantitative estimate of drug-likeness (QED) is 0.405. The predicted octanol–water partition coefficient (Wildman–Crippen LogP) is 2.81. The fraction of sp³-hybridized carbons (Fsp3) is 0.0952. The lowest BCUT2D eigenvalue weighted by molar-refractivity contribution is -0.114. The number of carbonyl (C=O) groups excluding carboxylic acids is 3. The van der Waals surface area contributed by atoms with Crippen molar-refractivity contribution in [1.82, 2.24) is 0 Å². The first-order chi connectivity index (χ1) is 14.1. The summed E-state index contributed by atoms with van der Waals surface area (Å²) in [6.45, 7) is 2.82. The summed E-state index contributed by atoms with van der Waals surface area (Å²) in [6.07, 6.45) is 0.993. The molecule has 2 aromatic rings. The summed E-state index contributed by atoms with van der Waals surface area (Å²) < 4.78 is 0. The van der Waals surface area contributed by atoms with Gasteiger partial charge in [0.25, 0.3) is 5.91 Å². The number of Topliss-reactive ketones (excluding diaryl/α,β-unsaturated/α-hetero) is 1. The predicted molar refractivity (Wildman–Crippen MR) is 108 cm³/mol. The fourth-order valence-electron chi connectivity index (χ4n) is 2.41. The van der Waals surface area contributed by atoms with Crippen LogP contribution in [0, 0.1) is 0 Å². The van der Waals surface area contributed by atoms with Crippen LogP contribution in [0.15, 0.2) is 54.1 Å². The highest BCUT2D eigenvalue weighted by Crippen LogP contribution is 2.16. The molecule has 154 valence electrons. The largest absolute Gasteiger partial charge is 0.478 e. The van der Waals surface area contributed by atoms with Gasteiger partial charge in [-0.25, -0.2) is 9.59 Å². The number of carboxylic acid groups (broad SMARTS) is 2. The van der Waals surface area contributed by atoms with Crippen molar-refractivity contribution in [3.63, 3.8) is 0 Å². The molecule has 2 rings (SSSR count). The molecule has 0 atom stereocenters. The highest BCUT2D eigenvalue weighted by Gasteiger charge is 2.13. The number of aromatic carboxylic acids is 2. The Hall–Kier alpha value is -4.27. The first-order valence-corrected chi connectivity index (χ1v) is 8.60. The summed E-state index contributed by atoms with van der Waals surface area (Å²) in [5.41, 5.74) is 0.315. The minimum absolute atomic E-state index is 0.0402. The minimum Gasteiger partial charge on any atom is -0.478 e. The molecule has 0 saturated carbocycles. The molecule has 0 radical (unpaired) electrons. The maximum absolute atomic E-state index is 12.2. The van der Waals surface area contributed by atoms with Gasteiger partial charge in [0.1, 0.15) is 0 Å². The van der Waals surface area contributed by atoms with E-state index in [1.54, 1.807) is 24.3 Å². The molecule has 4 N–H and O–H groups in total. The van der Waals surface area contributed by atoms with Gasteiger partial charge in [-0.1, -0.05) is 0 Å². The monoisotopic (exact) mass is 410 g/mol. The van der Waals surface area contributed by atoms with Crippen molar-refractivity contribution in [2.45, 2.75) is 13.8 Å². The van der Waals surface area contributed by atoms with Gasteiger partial charge in [-0.15, -0.1) is 0 Å². The summed E-state index contributed by atoms with van der Waals surface area (Å²) in [5, 5.41) is 23.0. The first-order valence-electron chi connectivity index (χ1n) is 8.60. The molecular weight excluding hydrogens is 392 g/mol. The summed E-state index contributed by atoms with van der Waals surface area (Å²) >= 11 is 0. The lowest BCUT2D eigenvalue weighted by Gasteiger charge is -2.08. The van der Waals surface area contributed by atoms with Gasteiger partial charge in [0.2, 0.25) is 5.91 Å². The minimum atomic E-state index is -1.35. The van der Waals surface area contributed by atoms with E-state index in [9.17, 15) is 24.0 Å². The molecule has 0 unspecified atom stereocenters. The lowest BCUT2D eigenvalue weighted by atomic mass is 10.1. The van der Waals surface area contributed by atoms with Gasteiger partial charge >= 0.3 is 11.9 Å². The van der Waals surface area contributed by atoms with Crippen molar-refractivity contribution < 1.29 is 34.2 Å². The third kappa shape index (κ3) is 5.86. The van der Waals surface area contributed by atoms with Gasteiger partial charge in [0.05, 0.1) is 11.1 Å². The number of amides is 2. The van der Waals surface area contributed by atoms with Crippen LogP contribution in [-0.4, -0.2) is 39.7 Å². The Labute approximate surface area is 171 Å². The molecule has 0 bridgehead atoms. The Kier molecular flexibility index (Phi) is 6.82. The molecule has 0 aliphatic carbocycles. The van der Waals surface area contributed by atoms with Gasteiger partial charge in [0.15, 0.2) is 5.78 Å². The lowest BCUT2D eigenvalue weighted by Crippen LogP contribution is -2.16. The molecule has 9 nitrogen and oxygen atoms in total. The van der Waals surface area contributed by atoms with Crippen LogP contribution in [0.4, 0.5) is 11.4 Å². The Morgan fingerprint density at radius 1 is 0.733 bits per heavy atom. The van der Waals surface area contributed by atoms with Gasteiger partial charge in [-0.2, -0.15) is 0 Å². The zero-order valence-electron chi connectivity index (χ0n) is 16.1. The number of rotatable bonds is 7. The average molecular weight is 410 g/mol. The number of anilines is 2. The van der Waals surface area contributed by atoms with E-state index >= 15 is 0 Å². The second kappa shape index (κ2) is 9.28. The van der Waals surface area contributed by atoms with E-state index in [4.69, 9.17) is 10.2 Å². The molecule has 2 aromatic carbocycles. The van der Waals surface area contributed by atoms with E-state index in [1.807, 2.05) is 0 Å². The van der Waals surface area contributed by atoms with Crippen molar-refractivity contribution in [2.75, 3.05) is 10.6 Å². The Balaban J connectivity index is 2.11. The van der Waals surface area contributed by atoms with Crippen molar-refractivity contribution in [3.8, 4) is 0 Å². The van der Waals surface area contributed by atoms with Crippen LogP contribution in [-0.2, 0) is 9.59 Å². The Morgan fingerprint density at radius 3 is 1.73 bits per heavy atom. The number of benzene rings is 2. The van der Waals surface area contributed by atoms with Crippen molar-refractivity contribution in [3.05, 3.63) is 70.8 Å². The molecule has 2 amide bonds. The number of ketones is 1. The van der Waals surface area contributed by atoms with Crippen LogP contribution in [0.25, 0.3) is 0 Å². The van der Waals surface area contributed by atoms with Crippen LogP contribution in [0.3, 0.4) is 0 Å². The third-order valence-electron chi connectivity index (χ3n) is 3.95. The second-order valence-corrected chi connectivity index (χ2v) is 6.31.